The molecule has 2 aliphatic rings. The highest BCUT2D eigenvalue weighted by Gasteiger charge is 2.39. The maximum Gasteiger partial charge on any atom is 0.274 e. The summed E-state index contributed by atoms with van der Waals surface area (Å²) in [6, 6.07) is 7.66. The molecule has 3 unspecified atom stereocenters. The largest absolute Gasteiger partial charge is 0.377 e. The van der Waals surface area contributed by atoms with Crippen LogP contribution in [0.3, 0.4) is 0 Å². The fraction of sp³-hybridized carbons (Fsp3) is 0.278. The van der Waals surface area contributed by atoms with Gasteiger partial charge in [0.1, 0.15) is 0 Å². The molecule has 0 saturated heterocycles. The summed E-state index contributed by atoms with van der Waals surface area (Å²) in [7, 11) is 0. The number of fused-ring (bicyclic) bond motifs is 3. The Hall–Kier alpha value is -2.69. The summed E-state index contributed by atoms with van der Waals surface area (Å²) < 4.78 is 0. The molecule has 23 heavy (non-hydrogen) atoms. The van der Waals surface area contributed by atoms with Gasteiger partial charge in [-0.3, -0.25) is 15.1 Å². The van der Waals surface area contributed by atoms with Gasteiger partial charge in [-0.2, -0.15) is 0 Å². The lowest BCUT2D eigenvalue weighted by molar-refractivity contribution is -0.385. The standard InChI is InChI=1S/C18H17N3O2/c1-11-16(21(22)23)8-7-15-13-5-2-6-14(13)18(20-17(11)15)12-4-3-9-19-10-12/h2-5,7-10,13-14,18,20H,6H2,1H3. The number of nitro groups is 1. The highest BCUT2D eigenvalue weighted by Crippen LogP contribution is 2.51. The second-order valence-corrected chi connectivity index (χ2v) is 6.19. The van der Waals surface area contributed by atoms with Gasteiger partial charge in [0.05, 0.1) is 16.5 Å². The number of rotatable bonds is 2. The molecule has 116 valence electrons. The van der Waals surface area contributed by atoms with Crippen LogP contribution in [0.4, 0.5) is 11.4 Å². The molecule has 2 heterocycles. The van der Waals surface area contributed by atoms with Gasteiger partial charge in [-0.1, -0.05) is 18.2 Å². The molecule has 5 nitrogen and oxygen atoms in total. The maximum atomic E-state index is 11.2. The van der Waals surface area contributed by atoms with Crippen LogP contribution < -0.4 is 5.32 Å². The Morgan fingerprint density at radius 2 is 2.22 bits per heavy atom. The predicted molar refractivity (Wildman–Crippen MR) is 88.4 cm³/mol. The van der Waals surface area contributed by atoms with Crippen LogP contribution in [0.5, 0.6) is 0 Å². The lowest BCUT2D eigenvalue weighted by Gasteiger charge is -2.38. The summed E-state index contributed by atoms with van der Waals surface area (Å²) in [4.78, 5) is 15.2. The first-order valence-electron chi connectivity index (χ1n) is 7.78. The van der Waals surface area contributed by atoms with Crippen LogP contribution in [0.1, 0.15) is 35.1 Å². The quantitative estimate of drug-likeness (QED) is 0.514. The van der Waals surface area contributed by atoms with E-state index in [2.05, 4.69) is 28.5 Å². The molecule has 4 rings (SSSR count). The Balaban J connectivity index is 1.85. The average molecular weight is 307 g/mol. The smallest absolute Gasteiger partial charge is 0.274 e. The van der Waals surface area contributed by atoms with E-state index in [4.69, 9.17) is 0 Å². The van der Waals surface area contributed by atoms with E-state index < -0.39 is 0 Å². The molecule has 1 aliphatic heterocycles. The molecule has 0 spiro atoms. The Kier molecular flexibility index (Phi) is 3.15. The third-order valence-corrected chi connectivity index (χ3v) is 5.01. The molecule has 1 N–H and O–H groups in total. The van der Waals surface area contributed by atoms with Gasteiger partial charge >= 0.3 is 0 Å². The van der Waals surface area contributed by atoms with Crippen molar-refractivity contribution in [2.24, 2.45) is 5.92 Å². The molecule has 1 aromatic carbocycles. The van der Waals surface area contributed by atoms with E-state index in [1.54, 1.807) is 12.3 Å². The molecule has 0 fully saturated rings. The summed E-state index contributed by atoms with van der Waals surface area (Å²) in [6.45, 7) is 1.82. The Morgan fingerprint density at radius 3 is 2.96 bits per heavy atom. The number of hydrogen-bond acceptors (Lipinski definition) is 4. The van der Waals surface area contributed by atoms with Crippen molar-refractivity contribution in [3.8, 4) is 0 Å². The fourth-order valence-corrected chi connectivity index (χ4v) is 3.89. The van der Waals surface area contributed by atoms with E-state index in [9.17, 15) is 10.1 Å². The third kappa shape index (κ3) is 2.11. The number of aromatic nitrogens is 1. The summed E-state index contributed by atoms with van der Waals surface area (Å²) >= 11 is 0. The van der Waals surface area contributed by atoms with Crippen molar-refractivity contribution >= 4 is 11.4 Å². The zero-order chi connectivity index (χ0) is 16.0. The van der Waals surface area contributed by atoms with E-state index in [1.807, 2.05) is 25.3 Å². The predicted octanol–water partition coefficient (Wildman–Crippen LogP) is 4.12. The minimum atomic E-state index is -0.313. The molecule has 1 aliphatic carbocycles. The molecular formula is C18H17N3O2. The van der Waals surface area contributed by atoms with Crippen molar-refractivity contribution in [3.05, 3.63) is 75.6 Å². The van der Waals surface area contributed by atoms with Crippen LogP contribution in [0.15, 0.2) is 48.8 Å². The molecule has 3 atom stereocenters. The van der Waals surface area contributed by atoms with Crippen LogP contribution in [-0.2, 0) is 0 Å². The molecule has 0 bridgehead atoms. The second-order valence-electron chi connectivity index (χ2n) is 6.19. The first kappa shape index (κ1) is 13.9. The van der Waals surface area contributed by atoms with Crippen LogP contribution in [0.2, 0.25) is 0 Å². The minimum absolute atomic E-state index is 0.122. The van der Waals surface area contributed by atoms with Crippen LogP contribution in [0, 0.1) is 23.0 Å². The average Bonchev–Trinajstić information content (AvgIpc) is 3.05. The summed E-state index contributed by atoms with van der Waals surface area (Å²) in [5, 5.41) is 14.8. The Bertz CT molecular complexity index is 801. The lowest BCUT2D eigenvalue weighted by atomic mass is 9.76. The fourth-order valence-electron chi connectivity index (χ4n) is 3.89. The van der Waals surface area contributed by atoms with E-state index in [0.717, 1.165) is 23.2 Å². The molecule has 2 aromatic rings. The zero-order valence-corrected chi connectivity index (χ0v) is 12.8. The molecule has 0 saturated carbocycles. The van der Waals surface area contributed by atoms with E-state index in [1.165, 1.54) is 0 Å². The topological polar surface area (TPSA) is 68.1 Å². The zero-order valence-electron chi connectivity index (χ0n) is 12.8. The van der Waals surface area contributed by atoms with Gasteiger partial charge in [0.15, 0.2) is 0 Å². The first-order valence-corrected chi connectivity index (χ1v) is 7.78. The van der Waals surface area contributed by atoms with Gasteiger partial charge < -0.3 is 5.32 Å². The van der Waals surface area contributed by atoms with Crippen molar-refractivity contribution in [3.63, 3.8) is 0 Å². The number of benzene rings is 1. The number of allylic oxidation sites excluding steroid dienone is 2. The molecule has 0 radical (unpaired) electrons. The Morgan fingerprint density at radius 1 is 1.35 bits per heavy atom. The number of pyridine rings is 1. The molecule has 0 amide bonds. The van der Waals surface area contributed by atoms with Gasteiger partial charge in [0.2, 0.25) is 0 Å². The minimum Gasteiger partial charge on any atom is -0.377 e. The highest BCUT2D eigenvalue weighted by molar-refractivity contribution is 5.69. The van der Waals surface area contributed by atoms with E-state index in [-0.39, 0.29) is 16.7 Å². The van der Waals surface area contributed by atoms with Crippen molar-refractivity contribution in [1.82, 2.24) is 4.98 Å². The number of hydrogen-bond donors (Lipinski definition) is 1. The van der Waals surface area contributed by atoms with Gasteiger partial charge in [-0.15, -0.1) is 0 Å². The van der Waals surface area contributed by atoms with E-state index >= 15 is 0 Å². The van der Waals surface area contributed by atoms with E-state index in [0.29, 0.717) is 17.4 Å². The molecular weight excluding hydrogens is 290 g/mol. The van der Waals surface area contributed by atoms with Crippen LogP contribution >= 0.6 is 0 Å². The molecule has 1 aromatic heterocycles. The SMILES string of the molecule is Cc1c([N+](=O)[O-])ccc2c1NC(c1cccnc1)C1CC=CC21. The normalized spacial score (nSPS) is 24.7. The van der Waals surface area contributed by atoms with Crippen molar-refractivity contribution in [1.29, 1.82) is 0 Å². The summed E-state index contributed by atoms with van der Waals surface area (Å²) in [5.41, 5.74) is 4.07. The maximum absolute atomic E-state index is 11.2. The van der Waals surface area contributed by atoms with Gasteiger partial charge in [-0.05, 0) is 42.5 Å². The lowest BCUT2D eigenvalue weighted by Crippen LogP contribution is -2.29. The summed E-state index contributed by atoms with van der Waals surface area (Å²) in [5.74, 6) is 0.725. The third-order valence-electron chi connectivity index (χ3n) is 5.01. The second kappa shape index (κ2) is 5.19. The Labute approximate surface area is 134 Å². The van der Waals surface area contributed by atoms with Gasteiger partial charge in [0.25, 0.3) is 5.69 Å². The number of anilines is 1. The highest BCUT2D eigenvalue weighted by atomic mass is 16.6. The summed E-state index contributed by atoms with van der Waals surface area (Å²) in [6.07, 6.45) is 9.10. The first-order chi connectivity index (χ1) is 11.2. The number of nitro benzene ring substituents is 1. The number of nitrogens with one attached hydrogen (secondary N) is 1. The van der Waals surface area contributed by atoms with Gasteiger partial charge in [-0.25, -0.2) is 0 Å². The van der Waals surface area contributed by atoms with Crippen molar-refractivity contribution in [2.75, 3.05) is 5.32 Å². The monoisotopic (exact) mass is 307 g/mol. The van der Waals surface area contributed by atoms with Gasteiger partial charge in [0, 0.05) is 30.1 Å². The number of nitrogens with zero attached hydrogens (tertiary/aromatic N) is 2. The van der Waals surface area contributed by atoms with Crippen LogP contribution in [0.25, 0.3) is 0 Å². The van der Waals surface area contributed by atoms with Crippen molar-refractivity contribution in [2.45, 2.75) is 25.3 Å². The van der Waals surface area contributed by atoms with Crippen LogP contribution in [-0.4, -0.2) is 9.91 Å². The molecule has 5 heteroatoms. The van der Waals surface area contributed by atoms with Crippen molar-refractivity contribution < 1.29 is 4.92 Å².